The van der Waals surface area contributed by atoms with Crippen molar-refractivity contribution in [3.63, 3.8) is 0 Å². The van der Waals surface area contributed by atoms with Crippen LogP contribution in [0.5, 0.6) is 0 Å². The van der Waals surface area contributed by atoms with E-state index in [1.165, 1.54) is 0 Å². The van der Waals surface area contributed by atoms with Gasteiger partial charge in [0, 0.05) is 12.5 Å². The number of amides is 2. The molecule has 0 aromatic rings. The van der Waals surface area contributed by atoms with E-state index in [2.05, 4.69) is 24.5 Å². The standard InChI is InChI=1S/C12H25N3O2/c1-9(2)10(3)15-12(17)8-14-7-5-4-6-11(13)16/h9-10,14H,4-8H2,1-3H3,(H2,13,16)(H,15,17). The van der Waals surface area contributed by atoms with Crippen LogP contribution >= 0.6 is 0 Å². The minimum Gasteiger partial charge on any atom is -0.370 e. The van der Waals surface area contributed by atoms with Crippen LogP contribution in [0.2, 0.25) is 0 Å². The Bertz CT molecular complexity index is 242. The van der Waals surface area contributed by atoms with Crippen LogP contribution in [-0.4, -0.2) is 30.9 Å². The highest BCUT2D eigenvalue weighted by Crippen LogP contribution is 1.98. The number of hydrogen-bond acceptors (Lipinski definition) is 3. The molecule has 1 atom stereocenters. The van der Waals surface area contributed by atoms with Crippen LogP contribution in [0.1, 0.15) is 40.0 Å². The van der Waals surface area contributed by atoms with Gasteiger partial charge >= 0.3 is 0 Å². The first-order chi connectivity index (χ1) is 7.93. The van der Waals surface area contributed by atoms with E-state index in [0.717, 1.165) is 19.4 Å². The van der Waals surface area contributed by atoms with E-state index >= 15 is 0 Å². The molecule has 0 radical (unpaired) electrons. The Balaban J connectivity index is 3.42. The van der Waals surface area contributed by atoms with E-state index in [1.54, 1.807) is 0 Å². The first kappa shape index (κ1) is 15.9. The molecule has 0 bridgehead atoms. The SMILES string of the molecule is CC(C)C(C)NC(=O)CNCCCCC(N)=O. The molecule has 4 N–H and O–H groups in total. The highest BCUT2D eigenvalue weighted by Gasteiger charge is 2.09. The third-order valence-electron chi connectivity index (χ3n) is 2.70. The van der Waals surface area contributed by atoms with Gasteiger partial charge in [-0.15, -0.1) is 0 Å². The predicted molar refractivity (Wildman–Crippen MR) is 68.4 cm³/mol. The number of nitrogens with two attached hydrogens (primary N) is 1. The maximum Gasteiger partial charge on any atom is 0.234 e. The van der Waals surface area contributed by atoms with Crippen molar-refractivity contribution >= 4 is 11.8 Å². The monoisotopic (exact) mass is 243 g/mol. The summed E-state index contributed by atoms with van der Waals surface area (Å²) in [5.74, 6) is 0.184. The summed E-state index contributed by atoms with van der Waals surface area (Å²) in [7, 11) is 0. The lowest BCUT2D eigenvalue weighted by molar-refractivity contribution is -0.121. The van der Waals surface area contributed by atoms with Crippen molar-refractivity contribution in [3.8, 4) is 0 Å². The van der Waals surface area contributed by atoms with Gasteiger partial charge in [0.05, 0.1) is 6.54 Å². The molecule has 0 aromatic carbocycles. The fraction of sp³-hybridized carbons (Fsp3) is 0.833. The second kappa shape index (κ2) is 8.98. The second-order valence-electron chi connectivity index (χ2n) is 4.70. The Hall–Kier alpha value is -1.10. The number of nitrogens with one attached hydrogen (secondary N) is 2. The average Bonchev–Trinajstić information content (AvgIpc) is 2.22. The molecule has 0 saturated carbocycles. The zero-order valence-corrected chi connectivity index (χ0v) is 11.1. The molecule has 0 aliphatic rings. The minimum absolute atomic E-state index is 0.0149. The van der Waals surface area contributed by atoms with Gasteiger partial charge in [0.25, 0.3) is 0 Å². The molecule has 100 valence electrons. The predicted octanol–water partition coefficient (Wildman–Crippen LogP) is 0.392. The molecule has 0 rings (SSSR count). The van der Waals surface area contributed by atoms with Crippen LogP contribution in [0.3, 0.4) is 0 Å². The molecule has 0 saturated heterocycles. The van der Waals surface area contributed by atoms with Gasteiger partial charge in [-0.1, -0.05) is 13.8 Å². The number of unbranched alkanes of at least 4 members (excludes halogenated alkanes) is 1. The maximum absolute atomic E-state index is 11.5. The fourth-order valence-electron chi connectivity index (χ4n) is 1.22. The third-order valence-corrected chi connectivity index (χ3v) is 2.70. The third kappa shape index (κ3) is 9.81. The average molecular weight is 243 g/mol. The minimum atomic E-state index is -0.270. The topological polar surface area (TPSA) is 84.2 Å². The number of hydrogen-bond donors (Lipinski definition) is 3. The Morgan fingerprint density at radius 1 is 1.18 bits per heavy atom. The number of primary amides is 1. The molecule has 0 heterocycles. The molecule has 5 heteroatoms. The lowest BCUT2D eigenvalue weighted by atomic mass is 10.1. The van der Waals surface area contributed by atoms with Gasteiger partial charge in [-0.25, -0.2) is 0 Å². The van der Waals surface area contributed by atoms with Crippen LogP contribution < -0.4 is 16.4 Å². The summed E-state index contributed by atoms with van der Waals surface area (Å²) in [6.45, 7) is 7.20. The van der Waals surface area contributed by atoms with Gasteiger partial charge in [-0.05, 0) is 32.2 Å². The van der Waals surface area contributed by atoms with Crippen molar-refractivity contribution in [2.75, 3.05) is 13.1 Å². The molecule has 0 fully saturated rings. The molecule has 2 amide bonds. The van der Waals surface area contributed by atoms with Gasteiger partial charge in [0.1, 0.15) is 0 Å². The summed E-state index contributed by atoms with van der Waals surface area (Å²) in [5, 5.41) is 5.95. The van der Waals surface area contributed by atoms with Crippen LogP contribution in [0, 0.1) is 5.92 Å². The highest BCUT2D eigenvalue weighted by atomic mass is 16.2. The zero-order chi connectivity index (χ0) is 13.3. The smallest absolute Gasteiger partial charge is 0.234 e. The van der Waals surface area contributed by atoms with Crippen LogP contribution in [-0.2, 0) is 9.59 Å². The number of carbonyl (C=O) groups excluding carboxylic acids is 2. The quantitative estimate of drug-likeness (QED) is 0.512. The lowest BCUT2D eigenvalue weighted by Crippen LogP contribution is -2.41. The van der Waals surface area contributed by atoms with Gasteiger partial charge < -0.3 is 16.4 Å². The lowest BCUT2D eigenvalue weighted by Gasteiger charge is -2.17. The second-order valence-corrected chi connectivity index (χ2v) is 4.70. The van der Waals surface area contributed by atoms with Crippen molar-refractivity contribution in [1.82, 2.24) is 10.6 Å². The summed E-state index contributed by atoms with van der Waals surface area (Å²) in [6, 6.07) is 0.194. The normalized spacial score (nSPS) is 12.5. The molecule has 0 aliphatic carbocycles. The van der Waals surface area contributed by atoms with E-state index in [9.17, 15) is 9.59 Å². The van der Waals surface area contributed by atoms with Crippen molar-refractivity contribution < 1.29 is 9.59 Å². The maximum atomic E-state index is 11.5. The highest BCUT2D eigenvalue weighted by molar-refractivity contribution is 5.78. The van der Waals surface area contributed by atoms with E-state index < -0.39 is 0 Å². The van der Waals surface area contributed by atoms with Crippen LogP contribution in [0.15, 0.2) is 0 Å². The van der Waals surface area contributed by atoms with Crippen molar-refractivity contribution in [1.29, 1.82) is 0 Å². The summed E-state index contributed by atoms with van der Waals surface area (Å²) >= 11 is 0. The van der Waals surface area contributed by atoms with E-state index in [-0.39, 0.29) is 17.9 Å². The molecule has 0 spiro atoms. The Kier molecular flexibility index (Phi) is 8.40. The Morgan fingerprint density at radius 2 is 1.82 bits per heavy atom. The number of rotatable bonds is 9. The zero-order valence-electron chi connectivity index (χ0n) is 11.1. The fourth-order valence-corrected chi connectivity index (χ4v) is 1.22. The van der Waals surface area contributed by atoms with Gasteiger partial charge in [-0.2, -0.15) is 0 Å². The first-order valence-corrected chi connectivity index (χ1v) is 6.22. The van der Waals surface area contributed by atoms with Crippen molar-refractivity contribution in [2.45, 2.75) is 46.1 Å². The molecule has 5 nitrogen and oxygen atoms in total. The Morgan fingerprint density at radius 3 is 2.35 bits per heavy atom. The van der Waals surface area contributed by atoms with Gasteiger partial charge in [0.2, 0.25) is 11.8 Å². The van der Waals surface area contributed by atoms with Gasteiger partial charge in [0.15, 0.2) is 0 Å². The summed E-state index contributed by atoms with van der Waals surface area (Å²) in [4.78, 5) is 21.9. The van der Waals surface area contributed by atoms with E-state index in [4.69, 9.17) is 5.73 Å². The summed E-state index contributed by atoms with van der Waals surface area (Å²) < 4.78 is 0. The Labute approximate surface area is 104 Å². The van der Waals surface area contributed by atoms with E-state index in [1.807, 2.05) is 6.92 Å². The molecular formula is C12H25N3O2. The van der Waals surface area contributed by atoms with Crippen molar-refractivity contribution in [2.24, 2.45) is 11.7 Å². The number of carbonyl (C=O) groups is 2. The first-order valence-electron chi connectivity index (χ1n) is 6.22. The summed E-state index contributed by atoms with van der Waals surface area (Å²) in [5.41, 5.74) is 5.02. The largest absolute Gasteiger partial charge is 0.370 e. The molecule has 0 aromatic heterocycles. The van der Waals surface area contributed by atoms with Gasteiger partial charge in [-0.3, -0.25) is 9.59 Å². The van der Waals surface area contributed by atoms with Crippen LogP contribution in [0.4, 0.5) is 0 Å². The molecule has 1 unspecified atom stereocenters. The van der Waals surface area contributed by atoms with Crippen LogP contribution in [0.25, 0.3) is 0 Å². The van der Waals surface area contributed by atoms with Crippen molar-refractivity contribution in [3.05, 3.63) is 0 Å². The summed E-state index contributed by atoms with van der Waals surface area (Å²) in [6.07, 6.45) is 2.04. The van der Waals surface area contributed by atoms with E-state index in [0.29, 0.717) is 18.9 Å². The molecular weight excluding hydrogens is 218 g/mol. The molecule has 17 heavy (non-hydrogen) atoms. The molecule has 0 aliphatic heterocycles.